The van der Waals surface area contributed by atoms with E-state index in [1.165, 1.54) is 0 Å². The van der Waals surface area contributed by atoms with Crippen LogP contribution in [0.4, 0.5) is 0 Å². The first-order valence-corrected chi connectivity index (χ1v) is 5.25. The number of methoxy groups -OCH3 is 1. The summed E-state index contributed by atoms with van der Waals surface area (Å²) in [7, 11) is 1.65. The van der Waals surface area contributed by atoms with Crippen molar-refractivity contribution in [3.05, 3.63) is 47.8 Å². The van der Waals surface area contributed by atoms with Crippen LogP contribution in [0.2, 0.25) is 0 Å². The number of rotatable bonds is 2. The van der Waals surface area contributed by atoms with Crippen LogP contribution >= 0.6 is 0 Å². The van der Waals surface area contributed by atoms with Gasteiger partial charge in [-0.2, -0.15) is 5.26 Å². The minimum absolute atomic E-state index is 0.566. The Hall–Kier alpha value is -2.34. The van der Waals surface area contributed by atoms with E-state index in [4.69, 9.17) is 10.00 Å². The van der Waals surface area contributed by atoms with Crippen molar-refractivity contribution in [1.29, 1.82) is 5.26 Å². The second-order valence-electron chi connectivity index (χ2n) is 3.76. The van der Waals surface area contributed by atoms with Gasteiger partial charge in [0.1, 0.15) is 11.8 Å². The average molecular weight is 224 g/mol. The van der Waals surface area contributed by atoms with Gasteiger partial charge in [0.2, 0.25) is 0 Å². The van der Waals surface area contributed by atoms with E-state index in [1.807, 2.05) is 31.2 Å². The summed E-state index contributed by atoms with van der Waals surface area (Å²) in [4.78, 5) is 4.05. The summed E-state index contributed by atoms with van der Waals surface area (Å²) >= 11 is 0. The molecule has 0 bridgehead atoms. The highest BCUT2D eigenvalue weighted by molar-refractivity contribution is 5.66. The Labute approximate surface area is 100 Å². The SMILES string of the molecule is COc1ccc(-c2cncc(C#N)c2)cc1C. The van der Waals surface area contributed by atoms with Crippen LogP contribution in [0.5, 0.6) is 5.75 Å². The van der Waals surface area contributed by atoms with E-state index in [2.05, 4.69) is 11.1 Å². The van der Waals surface area contributed by atoms with Crippen LogP contribution in [-0.4, -0.2) is 12.1 Å². The van der Waals surface area contributed by atoms with E-state index in [0.717, 1.165) is 22.4 Å². The molecule has 0 saturated carbocycles. The van der Waals surface area contributed by atoms with E-state index < -0.39 is 0 Å². The van der Waals surface area contributed by atoms with E-state index in [1.54, 1.807) is 19.5 Å². The lowest BCUT2D eigenvalue weighted by Gasteiger charge is -2.07. The van der Waals surface area contributed by atoms with Gasteiger partial charge >= 0.3 is 0 Å². The maximum absolute atomic E-state index is 8.84. The lowest BCUT2D eigenvalue weighted by Crippen LogP contribution is -1.88. The number of nitrogens with zero attached hydrogens (tertiary/aromatic N) is 2. The highest BCUT2D eigenvalue weighted by Gasteiger charge is 2.03. The molecule has 0 saturated heterocycles. The van der Waals surface area contributed by atoms with Gasteiger partial charge in [0.15, 0.2) is 0 Å². The van der Waals surface area contributed by atoms with Gasteiger partial charge in [0, 0.05) is 18.0 Å². The van der Waals surface area contributed by atoms with Crippen molar-refractivity contribution in [2.75, 3.05) is 7.11 Å². The van der Waals surface area contributed by atoms with Crippen LogP contribution in [0.3, 0.4) is 0 Å². The lowest BCUT2D eigenvalue weighted by atomic mass is 10.0. The Morgan fingerprint density at radius 2 is 2.00 bits per heavy atom. The Balaban J connectivity index is 2.46. The van der Waals surface area contributed by atoms with Crippen LogP contribution in [0.15, 0.2) is 36.7 Å². The monoisotopic (exact) mass is 224 g/mol. The standard InChI is InChI=1S/C14H12N2O/c1-10-5-12(3-4-14(10)17-2)13-6-11(7-15)8-16-9-13/h3-6,8-9H,1-2H3. The maximum Gasteiger partial charge on any atom is 0.121 e. The van der Waals surface area contributed by atoms with Crippen molar-refractivity contribution < 1.29 is 4.74 Å². The summed E-state index contributed by atoms with van der Waals surface area (Å²) in [6, 6.07) is 9.82. The molecule has 1 heterocycles. The van der Waals surface area contributed by atoms with Crippen LogP contribution in [0, 0.1) is 18.3 Å². The highest BCUT2D eigenvalue weighted by Crippen LogP contribution is 2.25. The van der Waals surface area contributed by atoms with Crippen LogP contribution in [0.25, 0.3) is 11.1 Å². The van der Waals surface area contributed by atoms with Crippen LogP contribution in [0.1, 0.15) is 11.1 Å². The van der Waals surface area contributed by atoms with Crippen molar-refractivity contribution in [2.24, 2.45) is 0 Å². The molecule has 1 aromatic heterocycles. The maximum atomic E-state index is 8.84. The molecule has 2 rings (SSSR count). The number of ether oxygens (including phenoxy) is 1. The fourth-order valence-electron chi connectivity index (χ4n) is 1.72. The molecule has 17 heavy (non-hydrogen) atoms. The van der Waals surface area contributed by atoms with Gasteiger partial charge < -0.3 is 4.74 Å². The third-order valence-corrected chi connectivity index (χ3v) is 2.60. The molecule has 2 aromatic rings. The smallest absolute Gasteiger partial charge is 0.121 e. The minimum atomic E-state index is 0.566. The molecule has 0 atom stereocenters. The van der Waals surface area contributed by atoms with E-state index in [9.17, 15) is 0 Å². The minimum Gasteiger partial charge on any atom is -0.496 e. The first-order chi connectivity index (χ1) is 8.24. The van der Waals surface area contributed by atoms with Crippen molar-refractivity contribution in [3.63, 3.8) is 0 Å². The molecule has 0 unspecified atom stereocenters. The third-order valence-electron chi connectivity index (χ3n) is 2.60. The van der Waals surface area contributed by atoms with Gasteiger partial charge in [0.25, 0.3) is 0 Å². The molecule has 3 nitrogen and oxygen atoms in total. The van der Waals surface area contributed by atoms with Crippen LogP contribution in [-0.2, 0) is 0 Å². The van der Waals surface area contributed by atoms with Crippen LogP contribution < -0.4 is 4.74 Å². The first-order valence-electron chi connectivity index (χ1n) is 5.25. The lowest BCUT2D eigenvalue weighted by molar-refractivity contribution is 0.412. The summed E-state index contributed by atoms with van der Waals surface area (Å²) < 4.78 is 5.21. The summed E-state index contributed by atoms with van der Waals surface area (Å²) in [6.07, 6.45) is 3.31. The molecule has 0 aliphatic carbocycles. The fourth-order valence-corrected chi connectivity index (χ4v) is 1.72. The Bertz CT molecular complexity index is 585. The van der Waals surface area contributed by atoms with Gasteiger partial charge in [-0.15, -0.1) is 0 Å². The Morgan fingerprint density at radius 1 is 1.18 bits per heavy atom. The largest absolute Gasteiger partial charge is 0.496 e. The number of hydrogen-bond donors (Lipinski definition) is 0. The molecule has 1 aromatic carbocycles. The zero-order valence-electron chi connectivity index (χ0n) is 9.77. The number of benzene rings is 1. The summed E-state index contributed by atoms with van der Waals surface area (Å²) in [5.41, 5.74) is 3.60. The summed E-state index contributed by atoms with van der Waals surface area (Å²) in [5, 5.41) is 8.84. The average Bonchev–Trinajstić information content (AvgIpc) is 2.38. The second kappa shape index (κ2) is 4.67. The highest BCUT2D eigenvalue weighted by atomic mass is 16.5. The summed E-state index contributed by atoms with van der Waals surface area (Å²) in [5.74, 6) is 0.859. The van der Waals surface area contributed by atoms with Crippen molar-refractivity contribution in [1.82, 2.24) is 4.98 Å². The topological polar surface area (TPSA) is 45.9 Å². The molecule has 0 fully saturated rings. The summed E-state index contributed by atoms with van der Waals surface area (Å²) in [6.45, 7) is 1.99. The zero-order chi connectivity index (χ0) is 12.3. The number of hydrogen-bond acceptors (Lipinski definition) is 3. The van der Waals surface area contributed by atoms with Crippen molar-refractivity contribution in [3.8, 4) is 22.9 Å². The number of aryl methyl sites for hydroxylation is 1. The molecular formula is C14H12N2O. The van der Waals surface area contributed by atoms with Gasteiger partial charge in [-0.05, 0) is 36.2 Å². The molecule has 0 radical (unpaired) electrons. The van der Waals surface area contributed by atoms with E-state index in [-0.39, 0.29) is 0 Å². The predicted molar refractivity (Wildman–Crippen MR) is 65.7 cm³/mol. The molecule has 0 N–H and O–H groups in total. The van der Waals surface area contributed by atoms with Crippen molar-refractivity contribution in [2.45, 2.75) is 6.92 Å². The van der Waals surface area contributed by atoms with Crippen molar-refractivity contribution >= 4 is 0 Å². The zero-order valence-corrected chi connectivity index (χ0v) is 9.77. The van der Waals surface area contributed by atoms with E-state index in [0.29, 0.717) is 5.56 Å². The Morgan fingerprint density at radius 3 is 2.65 bits per heavy atom. The Kier molecular flexibility index (Phi) is 3.06. The van der Waals surface area contributed by atoms with Gasteiger partial charge in [-0.3, -0.25) is 4.98 Å². The number of pyridine rings is 1. The van der Waals surface area contributed by atoms with E-state index >= 15 is 0 Å². The fraction of sp³-hybridized carbons (Fsp3) is 0.143. The predicted octanol–water partition coefficient (Wildman–Crippen LogP) is 2.94. The molecule has 84 valence electrons. The van der Waals surface area contributed by atoms with Gasteiger partial charge in [-0.1, -0.05) is 6.07 Å². The molecule has 0 aliphatic heterocycles. The second-order valence-corrected chi connectivity index (χ2v) is 3.76. The van der Waals surface area contributed by atoms with Gasteiger partial charge in [0.05, 0.1) is 12.7 Å². The molecule has 3 heteroatoms. The third kappa shape index (κ3) is 2.26. The molecule has 0 amide bonds. The normalized spacial score (nSPS) is 9.71. The number of aromatic nitrogens is 1. The first kappa shape index (κ1) is 11.2. The van der Waals surface area contributed by atoms with Gasteiger partial charge in [-0.25, -0.2) is 0 Å². The molecular weight excluding hydrogens is 212 g/mol. The molecule has 0 spiro atoms. The number of nitriles is 1. The molecule has 0 aliphatic rings. The quantitative estimate of drug-likeness (QED) is 0.787.